The van der Waals surface area contributed by atoms with E-state index in [9.17, 15) is 0 Å². The van der Waals surface area contributed by atoms with Crippen molar-refractivity contribution in [3.8, 4) is 5.75 Å². The van der Waals surface area contributed by atoms with Crippen molar-refractivity contribution in [1.29, 1.82) is 0 Å². The van der Waals surface area contributed by atoms with Gasteiger partial charge < -0.3 is 9.15 Å². The fourth-order valence-corrected chi connectivity index (χ4v) is 2.40. The summed E-state index contributed by atoms with van der Waals surface area (Å²) in [7, 11) is 0. The molecule has 2 aromatic rings. The van der Waals surface area contributed by atoms with E-state index in [-0.39, 0.29) is 0 Å². The smallest absolute Gasteiger partial charge is 0.124 e. The van der Waals surface area contributed by atoms with Crippen LogP contribution in [0.25, 0.3) is 0 Å². The molecule has 19 heavy (non-hydrogen) atoms. The molecule has 0 saturated carbocycles. The maximum Gasteiger partial charge on any atom is 0.124 e. The van der Waals surface area contributed by atoms with E-state index in [1.807, 2.05) is 31.2 Å². The Balaban J connectivity index is 1.48. The lowest BCUT2D eigenvalue weighted by Crippen LogP contribution is -2.52. The van der Waals surface area contributed by atoms with Crippen molar-refractivity contribution < 1.29 is 9.15 Å². The Morgan fingerprint density at radius 2 is 2.05 bits per heavy atom. The average molecular weight is 257 g/mol. The van der Waals surface area contributed by atoms with Gasteiger partial charge in [0.05, 0.1) is 6.54 Å². The minimum Gasteiger partial charge on any atom is -0.488 e. The van der Waals surface area contributed by atoms with E-state index in [2.05, 4.69) is 24.0 Å². The zero-order chi connectivity index (χ0) is 13.2. The molecule has 1 aromatic heterocycles. The summed E-state index contributed by atoms with van der Waals surface area (Å²) >= 11 is 0. The predicted octanol–water partition coefficient (Wildman–Crippen LogP) is 3.16. The molecule has 0 spiro atoms. The third-order valence-corrected chi connectivity index (χ3v) is 3.39. The molecule has 1 fully saturated rings. The molecular formula is C16H19NO2. The molecule has 1 aliphatic heterocycles. The van der Waals surface area contributed by atoms with E-state index < -0.39 is 0 Å². The highest BCUT2D eigenvalue weighted by Crippen LogP contribution is 2.21. The molecule has 0 aliphatic carbocycles. The number of ether oxygens (including phenoxy) is 1. The van der Waals surface area contributed by atoms with Gasteiger partial charge in [0.15, 0.2) is 0 Å². The molecular weight excluding hydrogens is 238 g/mol. The number of furan rings is 1. The van der Waals surface area contributed by atoms with E-state index in [1.165, 1.54) is 5.56 Å². The van der Waals surface area contributed by atoms with Crippen LogP contribution in [0.1, 0.15) is 17.1 Å². The first kappa shape index (κ1) is 12.3. The Hall–Kier alpha value is -1.74. The summed E-state index contributed by atoms with van der Waals surface area (Å²) in [5.41, 5.74) is 1.24. The molecule has 0 atom stereocenters. The normalized spacial score (nSPS) is 16.3. The Morgan fingerprint density at radius 3 is 2.74 bits per heavy atom. The van der Waals surface area contributed by atoms with Gasteiger partial charge in [-0.3, -0.25) is 4.90 Å². The third-order valence-electron chi connectivity index (χ3n) is 3.39. The first-order valence-electron chi connectivity index (χ1n) is 6.70. The highest BCUT2D eigenvalue weighted by Gasteiger charge is 2.28. The second-order valence-electron chi connectivity index (χ2n) is 5.26. The molecule has 1 saturated heterocycles. The molecule has 0 amide bonds. The topological polar surface area (TPSA) is 25.6 Å². The van der Waals surface area contributed by atoms with Gasteiger partial charge in [0, 0.05) is 13.1 Å². The van der Waals surface area contributed by atoms with Crippen LogP contribution in [0.4, 0.5) is 0 Å². The van der Waals surface area contributed by atoms with Crippen LogP contribution in [0.3, 0.4) is 0 Å². The second kappa shape index (κ2) is 5.10. The van der Waals surface area contributed by atoms with Gasteiger partial charge in [-0.05, 0) is 43.7 Å². The lowest BCUT2D eigenvalue weighted by atomic mass is 10.1. The van der Waals surface area contributed by atoms with E-state index in [4.69, 9.17) is 9.15 Å². The Morgan fingerprint density at radius 1 is 1.21 bits per heavy atom. The number of benzene rings is 1. The SMILES string of the molecule is Cc1cccc(OC2CN(Cc3ccc(C)o3)C2)c1. The molecule has 0 unspecified atom stereocenters. The van der Waals surface area contributed by atoms with Crippen molar-refractivity contribution in [3.63, 3.8) is 0 Å². The van der Waals surface area contributed by atoms with Gasteiger partial charge in [0.2, 0.25) is 0 Å². The average Bonchev–Trinajstić information content (AvgIpc) is 2.72. The van der Waals surface area contributed by atoms with Gasteiger partial charge >= 0.3 is 0 Å². The van der Waals surface area contributed by atoms with Crippen LogP contribution >= 0.6 is 0 Å². The molecule has 3 rings (SSSR count). The number of hydrogen-bond acceptors (Lipinski definition) is 3. The third kappa shape index (κ3) is 2.99. The fraction of sp³-hybridized carbons (Fsp3) is 0.375. The first-order valence-corrected chi connectivity index (χ1v) is 6.70. The summed E-state index contributed by atoms with van der Waals surface area (Å²) in [6.07, 6.45) is 0.304. The Kier molecular flexibility index (Phi) is 3.30. The highest BCUT2D eigenvalue weighted by atomic mass is 16.5. The van der Waals surface area contributed by atoms with Crippen molar-refractivity contribution in [1.82, 2.24) is 4.90 Å². The summed E-state index contributed by atoms with van der Waals surface area (Å²) in [6.45, 7) is 6.87. The highest BCUT2D eigenvalue weighted by molar-refractivity contribution is 5.27. The van der Waals surface area contributed by atoms with Crippen LogP contribution in [0, 0.1) is 13.8 Å². The van der Waals surface area contributed by atoms with E-state index in [1.54, 1.807) is 0 Å². The fourth-order valence-electron chi connectivity index (χ4n) is 2.40. The maximum absolute atomic E-state index is 5.93. The number of rotatable bonds is 4. The molecule has 3 heteroatoms. The van der Waals surface area contributed by atoms with Crippen LogP contribution in [0.15, 0.2) is 40.8 Å². The summed E-state index contributed by atoms with van der Waals surface area (Å²) in [4.78, 5) is 2.33. The summed E-state index contributed by atoms with van der Waals surface area (Å²) in [5, 5.41) is 0. The van der Waals surface area contributed by atoms with Gasteiger partial charge in [-0.15, -0.1) is 0 Å². The van der Waals surface area contributed by atoms with Gasteiger partial charge in [0.1, 0.15) is 23.4 Å². The van der Waals surface area contributed by atoms with Crippen LogP contribution in [0.5, 0.6) is 5.75 Å². The summed E-state index contributed by atoms with van der Waals surface area (Å²) < 4.78 is 11.5. The lowest BCUT2D eigenvalue weighted by molar-refractivity contribution is 0.0106. The van der Waals surface area contributed by atoms with Gasteiger partial charge in [-0.25, -0.2) is 0 Å². The zero-order valence-corrected chi connectivity index (χ0v) is 11.4. The largest absolute Gasteiger partial charge is 0.488 e. The zero-order valence-electron chi connectivity index (χ0n) is 11.4. The van der Waals surface area contributed by atoms with Gasteiger partial charge in [-0.1, -0.05) is 12.1 Å². The number of hydrogen-bond donors (Lipinski definition) is 0. The van der Waals surface area contributed by atoms with Crippen molar-refractivity contribution in [2.45, 2.75) is 26.5 Å². The van der Waals surface area contributed by atoms with E-state index >= 15 is 0 Å². The standard InChI is InChI=1S/C16H19NO2/c1-12-4-3-5-14(8-12)19-16-10-17(11-16)9-15-7-6-13(2)18-15/h3-8,16H,9-11H2,1-2H3. The van der Waals surface area contributed by atoms with Crippen LogP contribution in [-0.2, 0) is 6.54 Å². The van der Waals surface area contributed by atoms with Crippen LogP contribution in [0.2, 0.25) is 0 Å². The molecule has 3 nitrogen and oxygen atoms in total. The van der Waals surface area contributed by atoms with E-state index in [0.29, 0.717) is 6.10 Å². The number of nitrogens with zero attached hydrogens (tertiary/aromatic N) is 1. The summed E-state index contributed by atoms with van der Waals surface area (Å²) in [5.74, 6) is 2.98. The molecule has 100 valence electrons. The van der Waals surface area contributed by atoms with E-state index in [0.717, 1.165) is 36.9 Å². The summed E-state index contributed by atoms with van der Waals surface area (Å²) in [6, 6.07) is 12.3. The van der Waals surface area contributed by atoms with Crippen molar-refractivity contribution in [2.75, 3.05) is 13.1 Å². The molecule has 1 aromatic carbocycles. The van der Waals surface area contributed by atoms with Crippen molar-refractivity contribution >= 4 is 0 Å². The van der Waals surface area contributed by atoms with Crippen LogP contribution in [-0.4, -0.2) is 24.1 Å². The minimum atomic E-state index is 0.304. The number of aryl methyl sites for hydroxylation is 2. The second-order valence-corrected chi connectivity index (χ2v) is 5.26. The van der Waals surface area contributed by atoms with Gasteiger partial charge in [0.25, 0.3) is 0 Å². The maximum atomic E-state index is 5.93. The molecule has 2 heterocycles. The molecule has 0 N–H and O–H groups in total. The quantitative estimate of drug-likeness (QED) is 0.841. The Bertz CT molecular complexity index is 555. The number of likely N-dealkylation sites (tertiary alicyclic amines) is 1. The molecule has 0 radical (unpaired) electrons. The predicted molar refractivity (Wildman–Crippen MR) is 74.3 cm³/mol. The van der Waals surface area contributed by atoms with Crippen LogP contribution < -0.4 is 4.74 Å². The monoisotopic (exact) mass is 257 g/mol. The van der Waals surface area contributed by atoms with Crippen molar-refractivity contribution in [2.24, 2.45) is 0 Å². The van der Waals surface area contributed by atoms with Gasteiger partial charge in [-0.2, -0.15) is 0 Å². The lowest BCUT2D eigenvalue weighted by Gasteiger charge is -2.38. The first-order chi connectivity index (χ1) is 9.19. The molecule has 1 aliphatic rings. The minimum absolute atomic E-state index is 0.304. The Labute approximate surface area is 113 Å². The molecule has 0 bridgehead atoms. The van der Waals surface area contributed by atoms with Crippen molar-refractivity contribution in [3.05, 3.63) is 53.5 Å².